The zero-order valence-electron chi connectivity index (χ0n) is 25.7. The van der Waals surface area contributed by atoms with Crippen LogP contribution >= 0.6 is 0 Å². The van der Waals surface area contributed by atoms with E-state index in [9.17, 15) is 29.1 Å². The monoisotopic (exact) mass is 600 g/mol. The maximum atomic E-state index is 13.8. The van der Waals surface area contributed by atoms with Crippen molar-refractivity contribution < 1.29 is 38.6 Å². The van der Waals surface area contributed by atoms with E-state index in [0.717, 1.165) is 41.7 Å². The van der Waals surface area contributed by atoms with Crippen molar-refractivity contribution in [1.29, 1.82) is 0 Å². The molecule has 1 fully saturated rings. The van der Waals surface area contributed by atoms with Gasteiger partial charge in [0, 0.05) is 25.1 Å². The highest BCUT2D eigenvalue weighted by atomic mass is 16.6. The fourth-order valence-corrected chi connectivity index (χ4v) is 5.85. The van der Waals surface area contributed by atoms with Gasteiger partial charge >= 0.3 is 18.2 Å². The number of carbonyl (C=O) groups excluding carboxylic acids is 4. The molecule has 3 aliphatic heterocycles. The lowest BCUT2D eigenvalue weighted by Crippen LogP contribution is -2.57. The fourth-order valence-electron chi connectivity index (χ4n) is 5.85. The predicted molar refractivity (Wildman–Crippen MR) is 156 cm³/mol. The van der Waals surface area contributed by atoms with Crippen LogP contribution in [0.2, 0.25) is 0 Å². The number of alkyl carbamates (subject to hydrolysis) is 1. The van der Waals surface area contributed by atoms with Crippen LogP contribution in [-0.2, 0) is 32.2 Å². The number of carboxylic acid groups (broad SMARTS) is 1. The van der Waals surface area contributed by atoms with Crippen molar-refractivity contribution in [3.63, 3.8) is 0 Å². The van der Waals surface area contributed by atoms with Gasteiger partial charge in [-0.2, -0.15) is 0 Å². The van der Waals surface area contributed by atoms with Crippen LogP contribution in [0.4, 0.5) is 9.59 Å². The van der Waals surface area contributed by atoms with E-state index < -0.39 is 47.7 Å². The van der Waals surface area contributed by atoms with Crippen LogP contribution in [0.25, 0.3) is 0 Å². The van der Waals surface area contributed by atoms with Crippen LogP contribution in [0.1, 0.15) is 88.2 Å². The molecular formula is C31H44N4O8. The van der Waals surface area contributed by atoms with Crippen molar-refractivity contribution in [3.8, 4) is 0 Å². The average molecular weight is 601 g/mol. The molecule has 43 heavy (non-hydrogen) atoms. The third kappa shape index (κ3) is 7.77. The Morgan fingerprint density at radius 1 is 1.07 bits per heavy atom. The zero-order chi connectivity index (χ0) is 31.5. The molecule has 3 unspecified atom stereocenters. The largest absolute Gasteiger partial charge is 0.480 e. The summed E-state index contributed by atoms with van der Waals surface area (Å²) >= 11 is 0. The predicted octanol–water partition coefficient (Wildman–Crippen LogP) is 3.66. The van der Waals surface area contributed by atoms with Gasteiger partial charge in [-0.1, -0.05) is 59.6 Å². The molecule has 0 saturated carbocycles. The molecule has 236 valence electrons. The Kier molecular flexibility index (Phi) is 9.56. The number of carbonyl (C=O) groups is 5. The second-order valence-corrected chi connectivity index (χ2v) is 13.6. The first-order valence-electron chi connectivity index (χ1n) is 15.0. The molecule has 1 saturated heterocycles. The standard InChI is InChI=1S/C31H44N4O8/c1-30(2,3)24-26(37)35-16-20(14-23(35)27(38)39)43-29(41)34-15-19-10-9-11-21(22(19)17-34)25(36)32-13-8-6-7-12-31(4,5)18-42-28(40)33-24/h9-11,20,23-24H,6-8,12-18H2,1-5H3,(H,32,36)(H,33,40)(H,38,39). The van der Waals surface area contributed by atoms with Crippen LogP contribution < -0.4 is 10.6 Å². The second kappa shape index (κ2) is 12.8. The normalized spacial score (nSPS) is 25.8. The molecular weight excluding hydrogens is 556 g/mol. The first-order chi connectivity index (χ1) is 20.2. The summed E-state index contributed by atoms with van der Waals surface area (Å²) in [5.74, 6) is -2.01. The fraction of sp³-hybridized carbons (Fsp3) is 0.645. The molecule has 3 N–H and O–H groups in total. The minimum atomic E-state index is -1.23. The number of aliphatic carboxylic acids is 1. The minimum absolute atomic E-state index is 0.0866. The molecule has 1 aromatic rings. The number of nitrogens with zero attached hydrogens (tertiary/aromatic N) is 2. The first-order valence-corrected chi connectivity index (χ1v) is 15.0. The highest BCUT2D eigenvalue weighted by molar-refractivity contribution is 5.96. The number of cyclic esters (lactones) is 1. The number of carboxylic acids is 1. The lowest BCUT2D eigenvalue weighted by Gasteiger charge is -2.34. The topological polar surface area (TPSA) is 155 Å². The molecule has 0 radical (unpaired) electrons. The summed E-state index contributed by atoms with van der Waals surface area (Å²) in [6, 6.07) is 3.10. The lowest BCUT2D eigenvalue weighted by atomic mass is 9.85. The first kappa shape index (κ1) is 32.1. The molecule has 3 atom stereocenters. The Morgan fingerprint density at radius 3 is 2.51 bits per heavy atom. The van der Waals surface area contributed by atoms with Crippen molar-refractivity contribution in [2.75, 3.05) is 19.7 Å². The number of hydrogen-bond acceptors (Lipinski definition) is 7. The smallest absolute Gasteiger partial charge is 0.410 e. The van der Waals surface area contributed by atoms with Crippen LogP contribution in [0.15, 0.2) is 18.2 Å². The number of ether oxygens (including phenoxy) is 2. The van der Waals surface area contributed by atoms with Crippen LogP contribution in [0, 0.1) is 10.8 Å². The number of rotatable bonds is 1. The Balaban J connectivity index is 1.58. The quantitative estimate of drug-likeness (QED) is 0.441. The molecule has 0 aromatic heterocycles. The highest BCUT2D eigenvalue weighted by Crippen LogP contribution is 2.31. The van der Waals surface area contributed by atoms with Gasteiger partial charge in [-0.05, 0) is 40.9 Å². The Labute approximate surface area is 252 Å². The van der Waals surface area contributed by atoms with Crippen LogP contribution in [0.5, 0.6) is 0 Å². The van der Waals surface area contributed by atoms with Crippen LogP contribution in [0.3, 0.4) is 0 Å². The van der Waals surface area contributed by atoms with E-state index >= 15 is 0 Å². The minimum Gasteiger partial charge on any atom is -0.480 e. The van der Waals surface area contributed by atoms with Crippen molar-refractivity contribution in [2.45, 2.75) is 98.0 Å². The van der Waals surface area contributed by atoms with Gasteiger partial charge in [0.05, 0.1) is 19.7 Å². The molecule has 3 aliphatic rings. The summed E-state index contributed by atoms with van der Waals surface area (Å²) in [5, 5.41) is 15.6. The second-order valence-electron chi connectivity index (χ2n) is 13.6. The Bertz CT molecular complexity index is 1260. The molecule has 3 heterocycles. The van der Waals surface area contributed by atoms with E-state index in [4.69, 9.17) is 9.47 Å². The molecule has 12 nitrogen and oxygen atoms in total. The number of fused-ring (bicyclic) bond motifs is 3. The van der Waals surface area contributed by atoms with Gasteiger partial charge in [-0.25, -0.2) is 14.4 Å². The maximum absolute atomic E-state index is 13.8. The number of nitrogens with one attached hydrogen (secondary N) is 2. The third-order valence-corrected chi connectivity index (χ3v) is 8.37. The van der Waals surface area contributed by atoms with E-state index in [-0.39, 0.29) is 44.0 Å². The molecule has 4 bridgehead atoms. The van der Waals surface area contributed by atoms with Crippen molar-refractivity contribution >= 4 is 30.0 Å². The van der Waals surface area contributed by atoms with Gasteiger partial charge in [0.2, 0.25) is 5.91 Å². The lowest BCUT2D eigenvalue weighted by molar-refractivity contribution is -0.150. The molecule has 0 aliphatic carbocycles. The molecule has 12 heteroatoms. The SMILES string of the molecule is CC1(C)CCCCCNC(=O)c2cccc3c2CN(C3)C(=O)OC2CC(C(=O)O)N(C2)C(=O)C(C(C)(C)C)NC(=O)OC1. The molecule has 4 amide bonds. The van der Waals surface area contributed by atoms with E-state index in [1.54, 1.807) is 32.9 Å². The summed E-state index contributed by atoms with van der Waals surface area (Å²) in [7, 11) is 0. The summed E-state index contributed by atoms with van der Waals surface area (Å²) in [5.41, 5.74) is 1.04. The van der Waals surface area contributed by atoms with Gasteiger partial charge in [-0.15, -0.1) is 0 Å². The number of hydrogen-bond donors (Lipinski definition) is 3. The van der Waals surface area contributed by atoms with Gasteiger partial charge in [-0.3, -0.25) is 14.5 Å². The van der Waals surface area contributed by atoms with Gasteiger partial charge in [0.15, 0.2) is 0 Å². The van der Waals surface area contributed by atoms with Gasteiger partial charge < -0.3 is 30.1 Å². The summed E-state index contributed by atoms with van der Waals surface area (Å²) in [6.45, 7) is 10.3. The third-order valence-electron chi connectivity index (χ3n) is 8.37. The van der Waals surface area contributed by atoms with E-state index in [1.165, 1.54) is 4.90 Å². The van der Waals surface area contributed by atoms with Gasteiger partial charge in [0.25, 0.3) is 5.91 Å². The highest BCUT2D eigenvalue weighted by Gasteiger charge is 2.47. The van der Waals surface area contributed by atoms with E-state index in [0.29, 0.717) is 12.1 Å². The molecule has 1 aromatic carbocycles. The van der Waals surface area contributed by atoms with E-state index in [2.05, 4.69) is 10.6 Å². The Hall–Kier alpha value is -3.83. The summed E-state index contributed by atoms with van der Waals surface area (Å²) in [4.78, 5) is 67.6. The van der Waals surface area contributed by atoms with Gasteiger partial charge in [0.1, 0.15) is 18.2 Å². The summed E-state index contributed by atoms with van der Waals surface area (Å²) < 4.78 is 11.2. The van der Waals surface area contributed by atoms with Crippen molar-refractivity contribution in [1.82, 2.24) is 20.4 Å². The summed E-state index contributed by atoms with van der Waals surface area (Å²) in [6.07, 6.45) is 0.982. The number of benzene rings is 1. The van der Waals surface area contributed by atoms with Crippen LogP contribution in [-0.4, -0.2) is 82.8 Å². The van der Waals surface area contributed by atoms with Crippen molar-refractivity contribution in [2.24, 2.45) is 10.8 Å². The van der Waals surface area contributed by atoms with Crippen molar-refractivity contribution in [3.05, 3.63) is 34.9 Å². The number of amides is 4. The van der Waals surface area contributed by atoms with E-state index in [1.807, 2.05) is 19.9 Å². The maximum Gasteiger partial charge on any atom is 0.410 e. The Morgan fingerprint density at radius 2 is 1.81 bits per heavy atom. The molecule has 0 spiro atoms. The zero-order valence-corrected chi connectivity index (χ0v) is 25.7. The molecule has 4 rings (SSSR count). The average Bonchev–Trinajstić information content (AvgIpc) is 3.56.